The van der Waals surface area contributed by atoms with Crippen molar-refractivity contribution in [3.8, 4) is 17.0 Å². The van der Waals surface area contributed by atoms with Gasteiger partial charge in [-0.3, -0.25) is 9.69 Å². The van der Waals surface area contributed by atoms with Crippen LogP contribution in [0.15, 0.2) is 48.5 Å². The number of para-hydroxylation sites is 1. The lowest BCUT2D eigenvalue weighted by Crippen LogP contribution is -2.50. The van der Waals surface area contributed by atoms with Gasteiger partial charge in [0.25, 0.3) is 0 Å². The van der Waals surface area contributed by atoms with Gasteiger partial charge in [-0.15, -0.1) is 0 Å². The second-order valence-corrected chi connectivity index (χ2v) is 11.5. The fourth-order valence-corrected chi connectivity index (χ4v) is 6.40. The van der Waals surface area contributed by atoms with E-state index in [0.29, 0.717) is 32.2 Å². The molecule has 6 rings (SSSR count). The first-order valence-corrected chi connectivity index (χ1v) is 14.6. The van der Waals surface area contributed by atoms with Crippen LogP contribution >= 0.6 is 0 Å². The van der Waals surface area contributed by atoms with Gasteiger partial charge in [-0.25, -0.2) is 4.98 Å². The van der Waals surface area contributed by atoms with Crippen LogP contribution in [0.5, 0.6) is 5.75 Å². The summed E-state index contributed by atoms with van der Waals surface area (Å²) in [5.74, 6) is 0.345. The molecular weight excluding hydrogens is 518 g/mol. The van der Waals surface area contributed by atoms with Crippen molar-refractivity contribution in [2.24, 2.45) is 5.92 Å². The molecule has 0 radical (unpaired) electrons. The molecule has 41 heavy (non-hydrogen) atoms. The van der Waals surface area contributed by atoms with E-state index in [1.54, 1.807) is 7.11 Å². The lowest BCUT2D eigenvalue weighted by Gasteiger charge is -2.40. The molecule has 1 N–H and O–H groups in total. The van der Waals surface area contributed by atoms with Crippen molar-refractivity contribution in [2.45, 2.75) is 52.0 Å². The van der Waals surface area contributed by atoms with Crippen LogP contribution in [0.3, 0.4) is 0 Å². The molecule has 0 spiro atoms. The normalized spacial score (nSPS) is 21.3. The molecular formula is C33H39N3O5. The van der Waals surface area contributed by atoms with Crippen LogP contribution < -0.4 is 9.64 Å². The lowest BCUT2D eigenvalue weighted by molar-refractivity contribution is -0.147. The molecule has 2 aromatic carbocycles. The monoisotopic (exact) mass is 557 g/mol. The van der Waals surface area contributed by atoms with E-state index in [9.17, 15) is 9.90 Å². The molecule has 216 valence electrons. The lowest BCUT2D eigenvalue weighted by atomic mass is 9.91. The summed E-state index contributed by atoms with van der Waals surface area (Å²) in [4.78, 5) is 21.3. The van der Waals surface area contributed by atoms with E-state index in [1.165, 1.54) is 22.3 Å². The summed E-state index contributed by atoms with van der Waals surface area (Å²) in [5, 5.41) is 9.56. The molecule has 2 saturated heterocycles. The maximum Gasteiger partial charge on any atom is 0.309 e. The van der Waals surface area contributed by atoms with Crippen molar-refractivity contribution in [3.63, 3.8) is 0 Å². The second-order valence-electron chi connectivity index (χ2n) is 11.5. The zero-order valence-electron chi connectivity index (χ0n) is 24.1. The fraction of sp³-hybridized carbons (Fsp3) is 0.455. The van der Waals surface area contributed by atoms with Gasteiger partial charge in [0.1, 0.15) is 18.2 Å². The molecule has 1 aromatic heterocycles. The van der Waals surface area contributed by atoms with Gasteiger partial charge in [-0.2, -0.15) is 0 Å². The van der Waals surface area contributed by atoms with Gasteiger partial charge in [0.15, 0.2) is 0 Å². The number of aliphatic carboxylic acids is 1. The van der Waals surface area contributed by atoms with Crippen LogP contribution in [-0.2, 0) is 33.8 Å². The number of anilines is 1. The van der Waals surface area contributed by atoms with Gasteiger partial charge in [0.05, 0.1) is 37.0 Å². The highest BCUT2D eigenvalue weighted by Crippen LogP contribution is 2.35. The van der Waals surface area contributed by atoms with Crippen LogP contribution in [0.25, 0.3) is 11.3 Å². The Morgan fingerprint density at radius 2 is 1.93 bits per heavy atom. The Hall–Kier alpha value is -3.46. The van der Waals surface area contributed by atoms with Crippen LogP contribution in [0.2, 0.25) is 0 Å². The van der Waals surface area contributed by atoms with Crippen molar-refractivity contribution in [1.29, 1.82) is 0 Å². The van der Waals surface area contributed by atoms with E-state index in [0.717, 1.165) is 61.1 Å². The average molecular weight is 558 g/mol. The highest BCUT2D eigenvalue weighted by atomic mass is 16.5. The number of fused-ring (bicyclic) bond motifs is 1. The van der Waals surface area contributed by atoms with E-state index >= 15 is 0 Å². The Bertz CT molecular complexity index is 1420. The summed E-state index contributed by atoms with van der Waals surface area (Å²) in [6, 6.07) is 17.2. The van der Waals surface area contributed by atoms with Gasteiger partial charge < -0.3 is 24.2 Å². The standard InChI is InChI=1S/C33H39N3O5/c1-21-6-4-7-27(29-8-5-9-31(34-29)36-15-13-28(33(37)38)30(17-36)39-3)32(21)41-18-24-11-10-23-16-35(25-19-40-20-25)14-12-26(23)22(24)2/h4-11,25,28,30H,12-20H2,1-3H3,(H,37,38)/t28-,30+/m1/s1. The number of ether oxygens (including phenoxy) is 3. The minimum Gasteiger partial charge on any atom is -0.488 e. The van der Waals surface area contributed by atoms with Crippen molar-refractivity contribution >= 4 is 11.8 Å². The number of nitrogens with zero attached hydrogens (tertiary/aromatic N) is 3. The summed E-state index contributed by atoms with van der Waals surface area (Å²) < 4.78 is 17.5. The number of carbonyl (C=O) groups is 1. The maximum absolute atomic E-state index is 11.6. The number of benzene rings is 2. The molecule has 0 aliphatic carbocycles. The molecule has 3 aliphatic heterocycles. The molecule has 8 nitrogen and oxygen atoms in total. The molecule has 4 heterocycles. The number of aromatic nitrogens is 1. The molecule has 0 bridgehead atoms. The smallest absolute Gasteiger partial charge is 0.309 e. The minimum atomic E-state index is -0.806. The maximum atomic E-state index is 11.6. The molecule has 0 amide bonds. The summed E-state index contributed by atoms with van der Waals surface area (Å²) in [5.41, 5.74) is 8.27. The van der Waals surface area contributed by atoms with Gasteiger partial charge in [0.2, 0.25) is 0 Å². The molecule has 2 atom stereocenters. The van der Waals surface area contributed by atoms with Crippen molar-refractivity contribution in [2.75, 3.05) is 44.9 Å². The summed E-state index contributed by atoms with van der Waals surface area (Å²) in [7, 11) is 1.58. The number of carboxylic acids is 1. The Balaban J connectivity index is 1.20. The zero-order valence-corrected chi connectivity index (χ0v) is 24.1. The first kappa shape index (κ1) is 27.7. The van der Waals surface area contributed by atoms with E-state index in [-0.39, 0.29) is 6.10 Å². The van der Waals surface area contributed by atoms with E-state index in [1.807, 2.05) is 24.3 Å². The molecule has 0 unspecified atom stereocenters. The first-order valence-electron chi connectivity index (χ1n) is 14.6. The quantitative estimate of drug-likeness (QED) is 0.429. The van der Waals surface area contributed by atoms with E-state index in [2.05, 4.69) is 47.9 Å². The molecule has 8 heteroatoms. The third kappa shape index (κ3) is 5.56. The molecule has 3 aromatic rings. The Labute approximate surface area is 241 Å². The predicted molar refractivity (Wildman–Crippen MR) is 157 cm³/mol. The van der Waals surface area contributed by atoms with Gasteiger partial charge in [-0.1, -0.05) is 30.3 Å². The zero-order chi connectivity index (χ0) is 28.5. The predicted octanol–water partition coefficient (Wildman–Crippen LogP) is 4.63. The highest BCUT2D eigenvalue weighted by Gasteiger charge is 2.35. The number of pyridine rings is 1. The highest BCUT2D eigenvalue weighted by molar-refractivity contribution is 5.72. The SMILES string of the molecule is CO[C@H]1CN(c2cccc(-c3cccc(C)c3OCc3ccc4c(c3C)CCN(C3COC3)C4)n2)CC[C@H]1C(=O)O. The summed E-state index contributed by atoms with van der Waals surface area (Å²) in [6.45, 7) is 9.68. The number of rotatable bonds is 8. The van der Waals surface area contributed by atoms with Crippen molar-refractivity contribution in [3.05, 3.63) is 76.3 Å². The first-order chi connectivity index (χ1) is 19.9. The van der Waals surface area contributed by atoms with Crippen LogP contribution in [0.1, 0.15) is 34.2 Å². The van der Waals surface area contributed by atoms with Crippen LogP contribution in [-0.4, -0.2) is 73.1 Å². The number of methoxy groups -OCH3 is 1. The van der Waals surface area contributed by atoms with Gasteiger partial charge >= 0.3 is 5.97 Å². The Morgan fingerprint density at radius 3 is 2.68 bits per heavy atom. The topological polar surface area (TPSA) is 84.4 Å². The van der Waals surface area contributed by atoms with Crippen molar-refractivity contribution in [1.82, 2.24) is 9.88 Å². The number of hydrogen-bond donors (Lipinski definition) is 1. The molecule has 0 saturated carbocycles. The third-order valence-corrected chi connectivity index (χ3v) is 9.06. The third-order valence-electron chi connectivity index (χ3n) is 9.06. The number of aryl methyl sites for hydroxylation is 1. The Kier molecular flexibility index (Phi) is 7.97. The number of piperidine rings is 1. The van der Waals surface area contributed by atoms with E-state index < -0.39 is 11.9 Å². The summed E-state index contributed by atoms with van der Waals surface area (Å²) in [6.07, 6.45) is 1.21. The van der Waals surface area contributed by atoms with Crippen LogP contribution in [0.4, 0.5) is 5.82 Å². The van der Waals surface area contributed by atoms with Crippen molar-refractivity contribution < 1.29 is 24.1 Å². The second kappa shape index (κ2) is 11.8. The Morgan fingerprint density at radius 1 is 1.10 bits per heavy atom. The fourth-order valence-electron chi connectivity index (χ4n) is 6.40. The van der Waals surface area contributed by atoms with Crippen LogP contribution in [0, 0.1) is 19.8 Å². The number of carboxylic acid groups (broad SMARTS) is 1. The summed E-state index contributed by atoms with van der Waals surface area (Å²) >= 11 is 0. The van der Waals surface area contributed by atoms with E-state index in [4.69, 9.17) is 19.2 Å². The average Bonchev–Trinajstić information content (AvgIpc) is 2.96. The van der Waals surface area contributed by atoms with Gasteiger partial charge in [-0.05, 0) is 72.7 Å². The molecule has 3 aliphatic rings. The largest absolute Gasteiger partial charge is 0.488 e. The number of hydrogen-bond acceptors (Lipinski definition) is 7. The van der Waals surface area contributed by atoms with Gasteiger partial charge in [0, 0.05) is 38.9 Å². The minimum absolute atomic E-state index is 0.375. The molecule has 2 fully saturated rings.